The minimum atomic E-state index is -4.96. The first kappa shape index (κ1) is 18.8. The number of sulfonamides is 1. The molecule has 0 aliphatic rings. The molecule has 2 aromatic rings. The number of alkyl halides is 3. The fraction of sp³-hybridized carbons (Fsp3) is 0.333. The summed E-state index contributed by atoms with van der Waals surface area (Å²) in [7, 11) is -4.13. The van der Waals surface area contributed by atoms with E-state index in [1.165, 1.54) is 23.5 Å². The maximum atomic E-state index is 12.8. The summed E-state index contributed by atoms with van der Waals surface area (Å²) in [6.45, 7) is 2.09. The minimum Gasteiger partial charge on any atom is -0.404 e. The Kier molecular flexibility index (Phi) is 5.89. The van der Waals surface area contributed by atoms with Crippen LogP contribution < -0.4 is 4.74 Å². The smallest absolute Gasteiger partial charge is 0.404 e. The van der Waals surface area contributed by atoms with Gasteiger partial charge < -0.3 is 4.74 Å². The summed E-state index contributed by atoms with van der Waals surface area (Å²) < 4.78 is 68.3. The Morgan fingerprint density at radius 2 is 1.92 bits per heavy atom. The monoisotopic (exact) mass is 379 g/mol. The molecule has 2 rings (SSSR count). The van der Waals surface area contributed by atoms with Gasteiger partial charge in [0.1, 0.15) is 10.6 Å². The predicted octanol–water partition coefficient (Wildman–Crippen LogP) is 4.25. The largest absolute Gasteiger partial charge is 0.573 e. The molecule has 0 spiro atoms. The van der Waals surface area contributed by atoms with Crippen molar-refractivity contribution in [1.82, 2.24) is 4.31 Å². The molecule has 0 saturated carbocycles. The van der Waals surface area contributed by atoms with Crippen LogP contribution in [0.3, 0.4) is 0 Å². The zero-order valence-corrected chi connectivity index (χ0v) is 14.4. The SMILES string of the molecule is CCCN(Cc1ccsc1)S(=O)(=O)c1ccccc1OC(F)(F)F. The fourth-order valence-corrected chi connectivity index (χ4v) is 4.43. The van der Waals surface area contributed by atoms with Gasteiger partial charge in [-0.05, 0) is 40.9 Å². The molecule has 0 atom stereocenters. The van der Waals surface area contributed by atoms with Crippen LogP contribution in [0.25, 0.3) is 0 Å². The van der Waals surface area contributed by atoms with E-state index in [0.29, 0.717) is 6.42 Å². The van der Waals surface area contributed by atoms with Crippen LogP contribution in [0.5, 0.6) is 5.75 Å². The van der Waals surface area contributed by atoms with Gasteiger partial charge in [0.15, 0.2) is 0 Å². The number of thiophene rings is 1. The summed E-state index contributed by atoms with van der Waals surface area (Å²) >= 11 is 1.42. The van der Waals surface area contributed by atoms with Gasteiger partial charge in [-0.1, -0.05) is 19.1 Å². The first-order valence-corrected chi connectivity index (χ1v) is 9.48. The van der Waals surface area contributed by atoms with Crippen molar-refractivity contribution in [3.8, 4) is 5.75 Å². The van der Waals surface area contributed by atoms with Crippen LogP contribution in [0.2, 0.25) is 0 Å². The molecule has 0 aliphatic carbocycles. The Morgan fingerprint density at radius 3 is 2.50 bits per heavy atom. The van der Waals surface area contributed by atoms with Crippen molar-refractivity contribution in [3.05, 3.63) is 46.7 Å². The molecule has 0 bridgehead atoms. The van der Waals surface area contributed by atoms with E-state index in [0.717, 1.165) is 22.0 Å². The number of rotatable bonds is 7. The molecule has 1 heterocycles. The molecule has 0 N–H and O–H groups in total. The van der Waals surface area contributed by atoms with Crippen molar-refractivity contribution in [2.45, 2.75) is 31.1 Å². The minimum absolute atomic E-state index is 0.0972. The van der Waals surface area contributed by atoms with Crippen LogP contribution in [0.15, 0.2) is 46.0 Å². The first-order valence-electron chi connectivity index (χ1n) is 7.10. The second-order valence-corrected chi connectivity index (χ2v) is 7.65. The van der Waals surface area contributed by atoms with E-state index >= 15 is 0 Å². The zero-order chi connectivity index (χ0) is 17.8. The number of ether oxygens (including phenoxy) is 1. The Morgan fingerprint density at radius 1 is 1.21 bits per heavy atom. The summed E-state index contributed by atoms with van der Waals surface area (Å²) in [6, 6.07) is 6.55. The van der Waals surface area contributed by atoms with Gasteiger partial charge in [0.05, 0.1) is 0 Å². The summed E-state index contributed by atoms with van der Waals surface area (Å²) in [4.78, 5) is -0.494. The van der Waals surface area contributed by atoms with Crippen molar-refractivity contribution in [2.24, 2.45) is 0 Å². The summed E-state index contributed by atoms with van der Waals surface area (Å²) in [5.41, 5.74) is 0.784. The molecule has 9 heteroatoms. The third-order valence-corrected chi connectivity index (χ3v) is 5.72. The first-order chi connectivity index (χ1) is 11.2. The molecule has 0 fully saturated rings. The number of nitrogens with zero attached hydrogens (tertiary/aromatic N) is 1. The van der Waals surface area contributed by atoms with Crippen LogP contribution in [0.4, 0.5) is 13.2 Å². The van der Waals surface area contributed by atoms with Gasteiger partial charge in [-0.3, -0.25) is 0 Å². The van der Waals surface area contributed by atoms with E-state index in [1.54, 1.807) is 18.4 Å². The standard InChI is InChI=1S/C15H16F3NO3S2/c1-2-8-19(10-12-7-9-23-11-12)24(20,21)14-6-4-3-5-13(14)22-15(16,17)18/h3-7,9,11H,2,8,10H2,1H3. The van der Waals surface area contributed by atoms with E-state index in [2.05, 4.69) is 4.74 Å². The van der Waals surface area contributed by atoms with Gasteiger partial charge in [-0.15, -0.1) is 13.2 Å². The molecule has 0 aliphatic heterocycles. The van der Waals surface area contributed by atoms with Crippen LogP contribution >= 0.6 is 11.3 Å². The van der Waals surface area contributed by atoms with Crippen molar-refractivity contribution < 1.29 is 26.3 Å². The summed E-state index contributed by atoms with van der Waals surface area (Å²) in [5, 5.41) is 3.61. The van der Waals surface area contributed by atoms with Crippen LogP contribution in [-0.2, 0) is 16.6 Å². The Labute approximate surface area is 142 Å². The topological polar surface area (TPSA) is 46.6 Å². The predicted molar refractivity (Wildman–Crippen MR) is 85.3 cm³/mol. The Balaban J connectivity index is 2.40. The number of hydrogen-bond donors (Lipinski definition) is 0. The zero-order valence-electron chi connectivity index (χ0n) is 12.8. The number of hydrogen-bond acceptors (Lipinski definition) is 4. The quantitative estimate of drug-likeness (QED) is 0.723. The second-order valence-electron chi connectivity index (χ2n) is 4.96. The maximum absolute atomic E-state index is 12.8. The molecule has 24 heavy (non-hydrogen) atoms. The van der Waals surface area contributed by atoms with Gasteiger partial charge >= 0.3 is 6.36 Å². The van der Waals surface area contributed by atoms with Crippen molar-refractivity contribution >= 4 is 21.4 Å². The van der Waals surface area contributed by atoms with Gasteiger partial charge in [-0.2, -0.15) is 15.6 Å². The molecular formula is C15H16F3NO3S2. The molecule has 0 saturated heterocycles. The van der Waals surface area contributed by atoms with Crippen molar-refractivity contribution in [2.75, 3.05) is 6.54 Å². The third-order valence-electron chi connectivity index (χ3n) is 3.10. The number of para-hydroxylation sites is 1. The average Bonchev–Trinajstić information content (AvgIpc) is 2.98. The van der Waals surface area contributed by atoms with Crippen LogP contribution in [0, 0.1) is 0 Å². The van der Waals surface area contributed by atoms with E-state index in [-0.39, 0.29) is 13.1 Å². The highest BCUT2D eigenvalue weighted by Crippen LogP contribution is 2.32. The lowest BCUT2D eigenvalue weighted by molar-refractivity contribution is -0.275. The van der Waals surface area contributed by atoms with E-state index in [4.69, 9.17) is 0 Å². The highest BCUT2D eigenvalue weighted by atomic mass is 32.2. The molecule has 0 amide bonds. The summed E-state index contributed by atoms with van der Waals surface area (Å²) in [6.07, 6.45) is -4.43. The third kappa shape index (κ3) is 4.71. The van der Waals surface area contributed by atoms with Crippen molar-refractivity contribution in [1.29, 1.82) is 0 Å². The molecule has 0 radical (unpaired) electrons. The van der Waals surface area contributed by atoms with Crippen LogP contribution in [-0.4, -0.2) is 25.6 Å². The Hall–Kier alpha value is -1.58. The molecule has 1 aromatic carbocycles. The highest BCUT2D eigenvalue weighted by molar-refractivity contribution is 7.89. The Bertz CT molecular complexity index is 759. The molecule has 0 unspecified atom stereocenters. The van der Waals surface area contributed by atoms with Crippen molar-refractivity contribution in [3.63, 3.8) is 0 Å². The molecule has 4 nitrogen and oxygen atoms in total. The molecule has 132 valence electrons. The highest BCUT2D eigenvalue weighted by Gasteiger charge is 2.35. The molecular weight excluding hydrogens is 363 g/mol. The lowest BCUT2D eigenvalue weighted by atomic mass is 10.3. The van der Waals surface area contributed by atoms with E-state index in [9.17, 15) is 21.6 Å². The molecule has 1 aromatic heterocycles. The maximum Gasteiger partial charge on any atom is 0.573 e. The number of benzene rings is 1. The van der Waals surface area contributed by atoms with Gasteiger partial charge in [0.2, 0.25) is 10.0 Å². The van der Waals surface area contributed by atoms with E-state index in [1.807, 2.05) is 5.38 Å². The van der Waals surface area contributed by atoms with Gasteiger partial charge in [0, 0.05) is 13.1 Å². The van der Waals surface area contributed by atoms with E-state index < -0.39 is 27.0 Å². The van der Waals surface area contributed by atoms with Gasteiger partial charge in [0.25, 0.3) is 0 Å². The normalized spacial score (nSPS) is 12.5. The van der Waals surface area contributed by atoms with Crippen LogP contribution in [0.1, 0.15) is 18.9 Å². The second kappa shape index (κ2) is 7.54. The summed E-state index contributed by atoms with van der Waals surface area (Å²) in [5.74, 6) is -0.726. The number of halogens is 3. The fourth-order valence-electron chi connectivity index (χ4n) is 2.13. The van der Waals surface area contributed by atoms with Gasteiger partial charge in [-0.25, -0.2) is 8.42 Å². The average molecular weight is 379 g/mol. The lowest BCUT2D eigenvalue weighted by Gasteiger charge is -2.23. The lowest BCUT2D eigenvalue weighted by Crippen LogP contribution is -2.32.